The first-order valence-electron chi connectivity index (χ1n) is 7.63. The zero-order valence-electron chi connectivity index (χ0n) is 12.7. The molecule has 0 fully saturated rings. The van der Waals surface area contributed by atoms with Crippen molar-refractivity contribution in [1.82, 2.24) is 10.6 Å². The third-order valence-electron chi connectivity index (χ3n) is 3.68. The molecule has 0 saturated carbocycles. The number of aliphatic hydroxyl groups excluding tert-OH is 2. The molecule has 0 heterocycles. The molecule has 0 unspecified atom stereocenters. The van der Waals surface area contributed by atoms with Crippen LogP contribution in [0.1, 0.15) is 23.2 Å². The lowest BCUT2D eigenvalue weighted by Crippen LogP contribution is -2.34. The van der Waals surface area contributed by atoms with Crippen LogP contribution in [0.3, 0.4) is 0 Å². The van der Waals surface area contributed by atoms with Gasteiger partial charge in [-0.3, -0.25) is 0 Å². The summed E-state index contributed by atoms with van der Waals surface area (Å²) < 4.78 is 0. The van der Waals surface area contributed by atoms with E-state index in [1.54, 1.807) is 0 Å². The van der Waals surface area contributed by atoms with E-state index in [0.717, 1.165) is 11.1 Å². The maximum atomic E-state index is 9.49. The van der Waals surface area contributed by atoms with Crippen LogP contribution in [0.2, 0.25) is 0 Å². The van der Waals surface area contributed by atoms with Crippen molar-refractivity contribution in [3.63, 3.8) is 0 Å². The number of aliphatic hydroxyl groups is 2. The molecular formula is C18H24N2O2. The van der Waals surface area contributed by atoms with Crippen molar-refractivity contribution in [2.24, 2.45) is 0 Å². The fourth-order valence-electron chi connectivity index (χ4n) is 2.44. The number of rotatable bonds is 9. The fraction of sp³-hybridized carbons (Fsp3) is 0.333. The van der Waals surface area contributed by atoms with Gasteiger partial charge in [-0.25, -0.2) is 0 Å². The van der Waals surface area contributed by atoms with Crippen LogP contribution in [0.25, 0.3) is 0 Å². The minimum Gasteiger partial charge on any atom is -0.394 e. The van der Waals surface area contributed by atoms with E-state index in [0.29, 0.717) is 13.1 Å². The fourth-order valence-corrected chi connectivity index (χ4v) is 2.44. The number of benzene rings is 2. The molecule has 4 N–H and O–H groups in total. The highest BCUT2D eigenvalue weighted by molar-refractivity contribution is 5.19. The molecule has 4 nitrogen and oxygen atoms in total. The summed E-state index contributed by atoms with van der Waals surface area (Å²) in [6, 6.07) is 19.7. The summed E-state index contributed by atoms with van der Waals surface area (Å²) in [5.41, 5.74) is 2.15. The van der Waals surface area contributed by atoms with E-state index in [1.165, 1.54) is 0 Å². The van der Waals surface area contributed by atoms with Crippen LogP contribution in [-0.4, -0.2) is 36.5 Å². The Kier molecular flexibility index (Phi) is 7.06. The average molecular weight is 300 g/mol. The van der Waals surface area contributed by atoms with Gasteiger partial charge >= 0.3 is 0 Å². The Morgan fingerprint density at radius 2 is 1.00 bits per heavy atom. The van der Waals surface area contributed by atoms with Gasteiger partial charge in [-0.2, -0.15) is 0 Å². The molecule has 0 aliphatic carbocycles. The summed E-state index contributed by atoms with van der Waals surface area (Å²) in [5, 5.41) is 25.6. The third kappa shape index (κ3) is 4.93. The summed E-state index contributed by atoms with van der Waals surface area (Å²) in [6.45, 7) is 1.55. The van der Waals surface area contributed by atoms with Crippen molar-refractivity contribution in [3.8, 4) is 0 Å². The monoisotopic (exact) mass is 300 g/mol. The van der Waals surface area contributed by atoms with E-state index < -0.39 is 0 Å². The lowest BCUT2D eigenvalue weighted by atomic mass is 10.1. The molecule has 0 aliphatic heterocycles. The van der Waals surface area contributed by atoms with Crippen molar-refractivity contribution in [3.05, 3.63) is 71.8 Å². The van der Waals surface area contributed by atoms with Crippen LogP contribution >= 0.6 is 0 Å². The summed E-state index contributed by atoms with van der Waals surface area (Å²) in [7, 11) is 0. The summed E-state index contributed by atoms with van der Waals surface area (Å²) in [4.78, 5) is 0. The molecule has 22 heavy (non-hydrogen) atoms. The molecule has 118 valence electrons. The van der Waals surface area contributed by atoms with Gasteiger partial charge < -0.3 is 20.8 Å². The van der Waals surface area contributed by atoms with E-state index in [9.17, 15) is 10.2 Å². The smallest absolute Gasteiger partial charge is 0.0626 e. The second-order valence-corrected chi connectivity index (χ2v) is 5.20. The van der Waals surface area contributed by atoms with Crippen molar-refractivity contribution < 1.29 is 10.2 Å². The first-order valence-corrected chi connectivity index (χ1v) is 7.63. The van der Waals surface area contributed by atoms with Gasteiger partial charge in [0.2, 0.25) is 0 Å². The Bertz CT molecular complexity index is 470. The van der Waals surface area contributed by atoms with E-state index in [2.05, 4.69) is 10.6 Å². The molecule has 2 atom stereocenters. The zero-order valence-corrected chi connectivity index (χ0v) is 12.7. The minimum absolute atomic E-state index is 0.0616. The van der Waals surface area contributed by atoms with E-state index >= 15 is 0 Å². The van der Waals surface area contributed by atoms with Gasteiger partial charge in [0.15, 0.2) is 0 Å². The third-order valence-corrected chi connectivity index (χ3v) is 3.68. The molecule has 4 heteroatoms. The molecule has 2 rings (SSSR count). The van der Waals surface area contributed by atoms with E-state index in [4.69, 9.17) is 0 Å². The van der Waals surface area contributed by atoms with Gasteiger partial charge in [0.1, 0.15) is 0 Å². The Morgan fingerprint density at radius 3 is 1.32 bits per heavy atom. The molecule has 0 aromatic heterocycles. The minimum atomic E-state index is -0.0627. The van der Waals surface area contributed by atoms with Crippen molar-refractivity contribution in [2.45, 2.75) is 12.1 Å². The van der Waals surface area contributed by atoms with E-state index in [-0.39, 0.29) is 25.3 Å². The van der Waals surface area contributed by atoms with Crippen molar-refractivity contribution >= 4 is 0 Å². The van der Waals surface area contributed by atoms with Crippen LogP contribution in [0.5, 0.6) is 0 Å². The van der Waals surface area contributed by atoms with Gasteiger partial charge in [0, 0.05) is 13.1 Å². The Hall–Kier alpha value is -1.72. The number of hydrogen-bond acceptors (Lipinski definition) is 4. The average Bonchev–Trinajstić information content (AvgIpc) is 2.60. The van der Waals surface area contributed by atoms with Crippen LogP contribution in [-0.2, 0) is 0 Å². The van der Waals surface area contributed by atoms with Gasteiger partial charge in [0.05, 0.1) is 25.3 Å². The lowest BCUT2D eigenvalue weighted by Gasteiger charge is -2.20. The first-order chi connectivity index (χ1) is 10.8. The largest absolute Gasteiger partial charge is 0.394 e. The highest BCUT2D eigenvalue weighted by atomic mass is 16.3. The highest BCUT2D eigenvalue weighted by Gasteiger charge is 2.11. The SMILES string of the molecule is OC[C@H](NCCN[C@@H](CO)c1ccccc1)c1ccccc1. The molecule has 0 radical (unpaired) electrons. The van der Waals surface area contributed by atoms with Gasteiger partial charge in [-0.1, -0.05) is 60.7 Å². The van der Waals surface area contributed by atoms with Gasteiger partial charge in [0.25, 0.3) is 0 Å². The number of hydrogen-bond donors (Lipinski definition) is 4. The zero-order chi connectivity index (χ0) is 15.6. The quantitative estimate of drug-likeness (QED) is 0.532. The predicted octanol–water partition coefficient (Wildman–Crippen LogP) is 1.63. The number of nitrogens with one attached hydrogen (secondary N) is 2. The molecule has 0 aliphatic rings. The van der Waals surface area contributed by atoms with Crippen LogP contribution in [0.4, 0.5) is 0 Å². The Morgan fingerprint density at radius 1 is 0.636 bits per heavy atom. The van der Waals surface area contributed by atoms with Crippen molar-refractivity contribution in [1.29, 1.82) is 0 Å². The first kappa shape index (κ1) is 16.6. The van der Waals surface area contributed by atoms with Crippen LogP contribution < -0.4 is 10.6 Å². The van der Waals surface area contributed by atoms with E-state index in [1.807, 2.05) is 60.7 Å². The van der Waals surface area contributed by atoms with Gasteiger partial charge in [-0.15, -0.1) is 0 Å². The molecule has 0 spiro atoms. The lowest BCUT2D eigenvalue weighted by molar-refractivity contribution is 0.234. The second-order valence-electron chi connectivity index (χ2n) is 5.20. The van der Waals surface area contributed by atoms with Gasteiger partial charge in [-0.05, 0) is 11.1 Å². The maximum Gasteiger partial charge on any atom is 0.0626 e. The molecule has 2 aromatic carbocycles. The molecule has 0 saturated heterocycles. The topological polar surface area (TPSA) is 64.5 Å². The summed E-state index contributed by atoms with van der Waals surface area (Å²) in [5.74, 6) is 0. The Balaban J connectivity index is 1.78. The summed E-state index contributed by atoms with van der Waals surface area (Å²) in [6.07, 6.45) is 0. The molecular weight excluding hydrogens is 276 g/mol. The maximum absolute atomic E-state index is 9.49. The standard InChI is InChI=1S/C18H24N2O2/c21-13-17(15-7-3-1-4-8-15)19-11-12-20-18(14-22)16-9-5-2-6-10-16/h1-10,17-22H,11-14H2/t17-,18-/m0/s1. The summed E-state index contributed by atoms with van der Waals surface area (Å²) >= 11 is 0. The van der Waals surface area contributed by atoms with Crippen molar-refractivity contribution in [2.75, 3.05) is 26.3 Å². The molecule has 0 bridgehead atoms. The molecule has 0 amide bonds. The Labute approximate surface area is 131 Å². The van der Waals surface area contributed by atoms with Crippen LogP contribution in [0, 0.1) is 0 Å². The molecule has 2 aromatic rings. The predicted molar refractivity (Wildman–Crippen MR) is 88.5 cm³/mol. The van der Waals surface area contributed by atoms with Crippen LogP contribution in [0.15, 0.2) is 60.7 Å². The highest BCUT2D eigenvalue weighted by Crippen LogP contribution is 2.12. The second kappa shape index (κ2) is 9.33. The normalized spacial score (nSPS) is 13.7.